The smallest absolute Gasteiger partial charge is 0.115 e. The fourth-order valence-corrected chi connectivity index (χ4v) is 2.42. The second-order valence-corrected chi connectivity index (χ2v) is 5.37. The van der Waals surface area contributed by atoms with Gasteiger partial charge in [-0.2, -0.15) is 0 Å². The average Bonchev–Trinajstić information content (AvgIpc) is 2.45. The van der Waals surface area contributed by atoms with Gasteiger partial charge in [0.15, 0.2) is 0 Å². The summed E-state index contributed by atoms with van der Waals surface area (Å²) < 4.78 is 0. The van der Waals surface area contributed by atoms with Gasteiger partial charge in [-0.3, -0.25) is 0 Å². The van der Waals surface area contributed by atoms with Crippen LogP contribution in [0.15, 0.2) is 48.5 Å². The normalized spacial score (nSPS) is 12.3. The van der Waals surface area contributed by atoms with Crippen LogP contribution in [0.1, 0.15) is 30.5 Å². The molecule has 2 aromatic rings. The van der Waals surface area contributed by atoms with Crippen LogP contribution in [0, 0.1) is 0 Å². The molecule has 1 unspecified atom stereocenters. The minimum absolute atomic E-state index is 0.234. The molecule has 0 spiro atoms. The van der Waals surface area contributed by atoms with Crippen molar-refractivity contribution in [2.75, 3.05) is 6.54 Å². The lowest BCUT2D eigenvalue weighted by molar-refractivity contribution is 0.474. The van der Waals surface area contributed by atoms with Crippen LogP contribution in [0.3, 0.4) is 0 Å². The van der Waals surface area contributed by atoms with Crippen molar-refractivity contribution >= 4 is 11.6 Å². The van der Waals surface area contributed by atoms with Crippen LogP contribution in [0.4, 0.5) is 0 Å². The summed E-state index contributed by atoms with van der Waals surface area (Å²) in [5, 5.41) is 13.7. The Labute approximate surface area is 125 Å². The summed E-state index contributed by atoms with van der Waals surface area (Å²) in [5.41, 5.74) is 2.38. The fraction of sp³-hybridized carbons (Fsp3) is 0.294. The van der Waals surface area contributed by atoms with Gasteiger partial charge in [0.2, 0.25) is 0 Å². The van der Waals surface area contributed by atoms with Crippen molar-refractivity contribution in [2.45, 2.75) is 25.8 Å². The number of hydrogen-bond acceptors (Lipinski definition) is 2. The highest BCUT2D eigenvalue weighted by Crippen LogP contribution is 2.22. The zero-order valence-electron chi connectivity index (χ0n) is 11.6. The van der Waals surface area contributed by atoms with Gasteiger partial charge in [-0.25, -0.2) is 0 Å². The minimum Gasteiger partial charge on any atom is -0.508 e. The molecule has 0 radical (unpaired) electrons. The molecule has 0 aliphatic rings. The lowest BCUT2D eigenvalue weighted by Gasteiger charge is -2.19. The van der Waals surface area contributed by atoms with Crippen LogP contribution >= 0.6 is 11.6 Å². The molecule has 2 nitrogen and oxygen atoms in total. The number of rotatable bonds is 6. The van der Waals surface area contributed by atoms with E-state index in [1.807, 2.05) is 30.3 Å². The highest BCUT2D eigenvalue weighted by Gasteiger charge is 2.12. The maximum Gasteiger partial charge on any atom is 0.115 e. The van der Waals surface area contributed by atoms with E-state index in [-0.39, 0.29) is 6.04 Å². The third-order valence-electron chi connectivity index (χ3n) is 3.27. The Morgan fingerprint density at radius 3 is 2.55 bits per heavy atom. The van der Waals surface area contributed by atoms with Crippen LogP contribution in [0.2, 0.25) is 5.02 Å². The van der Waals surface area contributed by atoms with Crippen molar-refractivity contribution in [1.82, 2.24) is 5.32 Å². The number of benzene rings is 2. The second kappa shape index (κ2) is 7.32. The summed E-state index contributed by atoms with van der Waals surface area (Å²) in [6, 6.07) is 15.6. The quantitative estimate of drug-likeness (QED) is 0.829. The molecule has 0 aliphatic heterocycles. The molecule has 0 bridgehead atoms. The molecule has 20 heavy (non-hydrogen) atoms. The van der Waals surface area contributed by atoms with Gasteiger partial charge in [0.25, 0.3) is 0 Å². The van der Waals surface area contributed by atoms with E-state index in [9.17, 15) is 5.11 Å². The Kier molecular flexibility index (Phi) is 5.45. The van der Waals surface area contributed by atoms with E-state index in [0.717, 1.165) is 24.4 Å². The largest absolute Gasteiger partial charge is 0.508 e. The van der Waals surface area contributed by atoms with Gasteiger partial charge >= 0.3 is 0 Å². The number of nitrogens with one attached hydrogen (secondary N) is 1. The maximum atomic E-state index is 9.35. The molecular weight excluding hydrogens is 270 g/mol. The summed E-state index contributed by atoms with van der Waals surface area (Å²) in [5.74, 6) is 0.301. The molecule has 0 saturated heterocycles. The third-order valence-corrected chi connectivity index (χ3v) is 3.50. The third kappa shape index (κ3) is 4.26. The van der Waals surface area contributed by atoms with Crippen molar-refractivity contribution in [1.29, 1.82) is 0 Å². The molecule has 2 N–H and O–H groups in total. The zero-order chi connectivity index (χ0) is 14.4. The summed E-state index contributed by atoms with van der Waals surface area (Å²) in [6.07, 6.45) is 1.97. The summed E-state index contributed by atoms with van der Waals surface area (Å²) in [6.45, 7) is 3.12. The van der Waals surface area contributed by atoms with Crippen molar-refractivity contribution in [3.8, 4) is 5.75 Å². The Morgan fingerprint density at radius 1 is 1.15 bits per heavy atom. The van der Waals surface area contributed by atoms with Crippen molar-refractivity contribution in [3.63, 3.8) is 0 Å². The predicted octanol–water partition coefficient (Wildman–Crippen LogP) is 4.33. The van der Waals surface area contributed by atoms with Crippen molar-refractivity contribution in [2.24, 2.45) is 0 Å². The van der Waals surface area contributed by atoms with Gasteiger partial charge in [-0.05, 0) is 54.8 Å². The summed E-state index contributed by atoms with van der Waals surface area (Å²) >= 11 is 6.09. The molecule has 2 aromatic carbocycles. The first kappa shape index (κ1) is 14.9. The number of halogens is 1. The Morgan fingerprint density at radius 2 is 1.90 bits per heavy atom. The maximum absolute atomic E-state index is 9.35. The Hall–Kier alpha value is -1.51. The molecule has 2 rings (SSSR count). The first-order valence-electron chi connectivity index (χ1n) is 6.96. The molecule has 1 atom stereocenters. The number of hydrogen-bond donors (Lipinski definition) is 2. The summed E-state index contributed by atoms with van der Waals surface area (Å²) in [7, 11) is 0. The van der Waals surface area contributed by atoms with Gasteiger partial charge in [-0.1, -0.05) is 42.8 Å². The van der Waals surface area contributed by atoms with E-state index >= 15 is 0 Å². The number of aromatic hydroxyl groups is 1. The van der Waals surface area contributed by atoms with E-state index in [0.29, 0.717) is 5.75 Å². The van der Waals surface area contributed by atoms with Crippen LogP contribution < -0.4 is 5.32 Å². The average molecular weight is 290 g/mol. The topological polar surface area (TPSA) is 32.3 Å². The van der Waals surface area contributed by atoms with Gasteiger partial charge < -0.3 is 10.4 Å². The molecule has 0 fully saturated rings. The van der Waals surface area contributed by atoms with Crippen LogP contribution in [0.25, 0.3) is 0 Å². The lowest BCUT2D eigenvalue weighted by Crippen LogP contribution is -2.24. The Bertz CT molecular complexity index is 539. The molecule has 0 aliphatic carbocycles. The van der Waals surface area contributed by atoms with Crippen LogP contribution in [-0.4, -0.2) is 11.7 Å². The van der Waals surface area contributed by atoms with Gasteiger partial charge in [0, 0.05) is 11.1 Å². The minimum atomic E-state index is 0.234. The molecule has 0 saturated carbocycles. The monoisotopic (exact) mass is 289 g/mol. The van der Waals surface area contributed by atoms with Crippen LogP contribution in [0.5, 0.6) is 5.75 Å². The molecule has 0 aromatic heterocycles. The SMILES string of the molecule is CCCNC(Cc1ccc(O)cc1)c1cccc(Cl)c1. The zero-order valence-corrected chi connectivity index (χ0v) is 12.4. The van der Waals surface area contributed by atoms with Crippen molar-refractivity contribution < 1.29 is 5.11 Å². The molecule has 3 heteroatoms. The molecular formula is C17H20ClNO. The predicted molar refractivity (Wildman–Crippen MR) is 84.3 cm³/mol. The number of phenols is 1. The van der Waals surface area contributed by atoms with Gasteiger partial charge in [0.1, 0.15) is 5.75 Å². The summed E-state index contributed by atoms with van der Waals surface area (Å²) in [4.78, 5) is 0. The first-order valence-corrected chi connectivity index (χ1v) is 7.33. The molecule has 0 heterocycles. The molecule has 0 amide bonds. The highest BCUT2D eigenvalue weighted by molar-refractivity contribution is 6.30. The van der Waals surface area contributed by atoms with E-state index in [4.69, 9.17) is 11.6 Å². The Balaban J connectivity index is 2.16. The van der Waals surface area contributed by atoms with E-state index in [1.165, 1.54) is 11.1 Å². The van der Waals surface area contributed by atoms with E-state index in [2.05, 4.69) is 18.3 Å². The second-order valence-electron chi connectivity index (χ2n) is 4.93. The molecule has 106 valence electrons. The van der Waals surface area contributed by atoms with E-state index in [1.54, 1.807) is 12.1 Å². The highest BCUT2D eigenvalue weighted by atomic mass is 35.5. The first-order chi connectivity index (χ1) is 9.69. The number of phenolic OH excluding ortho intramolecular Hbond substituents is 1. The standard InChI is InChI=1S/C17H20ClNO/c1-2-10-19-17(14-4-3-5-15(18)12-14)11-13-6-8-16(20)9-7-13/h3-9,12,17,19-20H,2,10-11H2,1H3. The lowest BCUT2D eigenvalue weighted by atomic mass is 9.98. The fourth-order valence-electron chi connectivity index (χ4n) is 2.22. The van der Waals surface area contributed by atoms with Gasteiger partial charge in [-0.15, -0.1) is 0 Å². The van der Waals surface area contributed by atoms with Crippen molar-refractivity contribution in [3.05, 3.63) is 64.7 Å². The van der Waals surface area contributed by atoms with Gasteiger partial charge in [0.05, 0.1) is 0 Å². The van der Waals surface area contributed by atoms with Crippen LogP contribution in [-0.2, 0) is 6.42 Å². The van der Waals surface area contributed by atoms with E-state index < -0.39 is 0 Å².